The maximum atomic E-state index is 3.99. The number of aromatic nitrogens is 3. The molecule has 13 heavy (non-hydrogen) atoms. The first-order chi connectivity index (χ1) is 5.47. The van der Waals surface area contributed by atoms with Crippen LogP contribution in [0.15, 0.2) is 43.2 Å². The topological polar surface area (TPSA) is 30.7 Å². The van der Waals surface area contributed by atoms with E-state index in [4.69, 9.17) is 0 Å². The normalized spacial score (nSPS) is 8.31. The Labute approximate surface area is 88.7 Å². The van der Waals surface area contributed by atoms with Crippen molar-refractivity contribution in [1.29, 1.82) is 0 Å². The molecule has 0 amide bonds. The molecule has 0 aliphatic heterocycles. The molecule has 0 aliphatic rings. The summed E-state index contributed by atoms with van der Waals surface area (Å²) in [5.41, 5.74) is 1.03. The van der Waals surface area contributed by atoms with Gasteiger partial charge < -0.3 is 4.57 Å². The number of pyridine rings is 1. The molecule has 0 aliphatic carbocycles. The van der Waals surface area contributed by atoms with Crippen molar-refractivity contribution in [3.8, 4) is 5.69 Å². The minimum Gasteiger partial charge on any atom is -0.305 e. The summed E-state index contributed by atoms with van der Waals surface area (Å²) in [4.78, 5) is 7.93. The Hall–Kier alpha value is -1.06. The summed E-state index contributed by atoms with van der Waals surface area (Å²) in [6.45, 7) is 0. The van der Waals surface area contributed by atoms with Crippen LogP contribution in [-0.4, -0.2) is 14.5 Å². The zero-order valence-electron chi connectivity index (χ0n) is 6.70. The summed E-state index contributed by atoms with van der Waals surface area (Å²) >= 11 is 0. The third-order valence-electron chi connectivity index (χ3n) is 1.45. The average molecular weight is 218 g/mol. The predicted octanol–water partition coefficient (Wildman–Crippen LogP) is 2.11. The van der Waals surface area contributed by atoms with Gasteiger partial charge in [-0.25, -0.2) is 4.98 Å². The lowest BCUT2D eigenvalue weighted by atomic mass is 10.4. The van der Waals surface area contributed by atoms with Gasteiger partial charge in [-0.2, -0.15) is 0 Å². The molecule has 0 aromatic carbocycles. The number of rotatable bonds is 1. The van der Waals surface area contributed by atoms with Crippen LogP contribution in [0.1, 0.15) is 0 Å². The first kappa shape index (κ1) is 11.9. The second-order valence-electron chi connectivity index (χ2n) is 2.18. The Balaban J connectivity index is 0.000000720. The smallest absolute Gasteiger partial charge is 0.0992 e. The van der Waals surface area contributed by atoms with Crippen molar-refractivity contribution in [3.63, 3.8) is 0 Å². The molecule has 0 saturated carbocycles. The third-order valence-corrected chi connectivity index (χ3v) is 1.45. The Morgan fingerprint density at radius 1 is 1.08 bits per heavy atom. The summed E-state index contributed by atoms with van der Waals surface area (Å²) in [6.07, 6.45) is 8.92. The van der Waals surface area contributed by atoms with Crippen molar-refractivity contribution in [1.82, 2.24) is 14.5 Å². The fourth-order valence-electron chi connectivity index (χ4n) is 0.918. The van der Waals surface area contributed by atoms with E-state index in [0.717, 1.165) is 5.69 Å². The summed E-state index contributed by atoms with van der Waals surface area (Å²) in [5, 5.41) is 0. The lowest BCUT2D eigenvalue weighted by Gasteiger charge is -1.97. The molecule has 0 N–H and O–H groups in total. The van der Waals surface area contributed by atoms with Crippen molar-refractivity contribution in [2.24, 2.45) is 0 Å². The van der Waals surface area contributed by atoms with E-state index in [0.29, 0.717) is 0 Å². The molecular formula is C8H9Cl2N3. The molecule has 0 spiro atoms. The van der Waals surface area contributed by atoms with Crippen LogP contribution < -0.4 is 0 Å². The van der Waals surface area contributed by atoms with Gasteiger partial charge in [0.25, 0.3) is 0 Å². The standard InChI is InChI=1S/C8H7N3.2ClH/c1-2-8(6-9-3-1)11-5-4-10-7-11;;/h1-7H;2*1H. The quantitative estimate of drug-likeness (QED) is 0.733. The van der Waals surface area contributed by atoms with Crippen LogP contribution in [0.25, 0.3) is 5.69 Å². The van der Waals surface area contributed by atoms with Crippen LogP contribution in [-0.2, 0) is 0 Å². The highest BCUT2D eigenvalue weighted by molar-refractivity contribution is 5.85. The fourth-order valence-corrected chi connectivity index (χ4v) is 0.918. The highest BCUT2D eigenvalue weighted by atomic mass is 35.5. The molecule has 2 aromatic heterocycles. The summed E-state index contributed by atoms with van der Waals surface area (Å²) in [7, 11) is 0. The fraction of sp³-hybridized carbons (Fsp3) is 0. The molecule has 0 bridgehead atoms. The van der Waals surface area contributed by atoms with Gasteiger partial charge in [-0.3, -0.25) is 4.98 Å². The Morgan fingerprint density at radius 3 is 2.46 bits per heavy atom. The van der Waals surface area contributed by atoms with E-state index < -0.39 is 0 Å². The number of nitrogens with zero attached hydrogens (tertiary/aromatic N) is 3. The minimum absolute atomic E-state index is 0. The summed E-state index contributed by atoms with van der Waals surface area (Å²) in [5.74, 6) is 0. The van der Waals surface area contributed by atoms with Crippen molar-refractivity contribution >= 4 is 24.8 Å². The number of halogens is 2. The van der Waals surface area contributed by atoms with E-state index in [-0.39, 0.29) is 24.8 Å². The number of hydrogen-bond acceptors (Lipinski definition) is 2. The van der Waals surface area contributed by atoms with Gasteiger partial charge in [-0.15, -0.1) is 24.8 Å². The maximum Gasteiger partial charge on any atom is 0.0992 e. The predicted molar refractivity (Wildman–Crippen MR) is 55.9 cm³/mol. The number of imidazole rings is 1. The molecule has 0 atom stereocenters. The SMILES string of the molecule is Cl.Cl.c1cncc(-n2ccnc2)c1. The Morgan fingerprint density at radius 2 is 1.92 bits per heavy atom. The van der Waals surface area contributed by atoms with Gasteiger partial charge in [0, 0.05) is 18.6 Å². The number of hydrogen-bond donors (Lipinski definition) is 0. The minimum atomic E-state index is 0. The van der Waals surface area contributed by atoms with Crippen LogP contribution in [0.2, 0.25) is 0 Å². The summed E-state index contributed by atoms with van der Waals surface area (Å²) < 4.78 is 1.91. The summed E-state index contributed by atoms with van der Waals surface area (Å²) in [6, 6.07) is 3.88. The van der Waals surface area contributed by atoms with Crippen LogP contribution in [0, 0.1) is 0 Å². The van der Waals surface area contributed by atoms with Crippen molar-refractivity contribution < 1.29 is 0 Å². The zero-order valence-corrected chi connectivity index (χ0v) is 8.33. The van der Waals surface area contributed by atoms with Crippen molar-refractivity contribution in [2.75, 3.05) is 0 Å². The van der Waals surface area contributed by atoms with Crippen molar-refractivity contribution in [3.05, 3.63) is 43.2 Å². The van der Waals surface area contributed by atoms with Gasteiger partial charge in [-0.1, -0.05) is 0 Å². The lowest BCUT2D eigenvalue weighted by Crippen LogP contribution is -1.88. The van der Waals surface area contributed by atoms with Crippen LogP contribution >= 0.6 is 24.8 Å². The molecule has 2 aromatic rings. The van der Waals surface area contributed by atoms with Gasteiger partial charge in [0.05, 0.1) is 18.2 Å². The van der Waals surface area contributed by atoms with Gasteiger partial charge >= 0.3 is 0 Å². The van der Waals surface area contributed by atoms with Gasteiger partial charge in [0.15, 0.2) is 0 Å². The first-order valence-electron chi connectivity index (χ1n) is 3.35. The molecule has 0 saturated heterocycles. The Bertz CT molecular complexity index is 320. The second kappa shape index (κ2) is 5.56. The lowest BCUT2D eigenvalue weighted by molar-refractivity contribution is 1.04. The maximum absolute atomic E-state index is 3.99. The molecule has 0 unspecified atom stereocenters. The highest BCUT2D eigenvalue weighted by Gasteiger charge is 1.90. The molecule has 2 heterocycles. The monoisotopic (exact) mass is 217 g/mol. The van der Waals surface area contributed by atoms with E-state index in [1.807, 2.05) is 22.9 Å². The van der Waals surface area contributed by atoms with Gasteiger partial charge in [-0.05, 0) is 12.1 Å². The largest absolute Gasteiger partial charge is 0.305 e. The Kier molecular flexibility index (Phi) is 5.11. The van der Waals surface area contributed by atoms with E-state index in [1.165, 1.54) is 0 Å². The van der Waals surface area contributed by atoms with Crippen molar-refractivity contribution in [2.45, 2.75) is 0 Å². The molecular weight excluding hydrogens is 209 g/mol. The molecule has 2 rings (SSSR count). The molecule has 0 radical (unpaired) electrons. The van der Waals surface area contributed by atoms with Crippen LogP contribution in [0.5, 0.6) is 0 Å². The highest BCUT2D eigenvalue weighted by Crippen LogP contribution is 2.02. The van der Waals surface area contributed by atoms with Gasteiger partial charge in [0.2, 0.25) is 0 Å². The van der Waals surface area contributed by atoms with E-state index in [1.54, 1.807) is 24.9 Å². The molecule has 70 valence electrons. The molecule has 3 nitrogen and oxygen atoms in total. The van der Waals surface area contributed by atoms with E-state index in [2.05, 4.69) is 9.97 Å². The molecule has 5 heteroatoms. The second-order valence-corrected chi connectivity index (χ2v) is 2.18. The van der Waals surface area contributed by atoms with E-state index in [9.17, 15) is 0 Å². The van der Waals surface area contributed by atoms with Gasteiger partial charge in [0.1, 0.15) is 0 Å². The van der Waals surface area contributed by atoms with E-state index >= 15 is 0 Å². The van der Waals surface area contributed by atoms with Crippen LogP contribution in [0.3, 0.4) is 0 Å². The first-order valence-corrected chi connectivity index (χ1v) is 3.35. The molecule has 0 fully saturated rings. The zero-order chi connectivity index (χ0) is 7.52. The third kappa shape index (κ3) is 2.72. The van der Waals surface area contributed by atoms with Crippen LogP contribution in [0.4, 0.5) is 0 Å². The average Bonchev–Trinajstić information content (AvgIpc) is 2.58.